The third kappa shape index (κ3) is 28.0. The second-order valence-electron chi connectivity index (χ2n) is 18.3. The highest BCUT2D eigenvalue weighted by Crippen LogP contribution is 2.33. The number of aliphatic hydroxyl groups is 3. The molecule has 1 rings (SSSR count). The van der Waals surface area contributed by atoms with Crippen molar-refractivity contribution >= 4 is 11.9 Å². The van der Waals surface area contributed by atoms with Crippen molar-refractivity contribution in [1.82, 2.24) is 0 Å². The van der Waals surface area contributed by atoms with E-state index in [2.05, 4.69) is 13.8 Å². The number of hydrogen-bond acceptors (Lipinski definition) is 7. The Morgan fingerprint density at radius 3 is 1.11 bits per heavy atom. The molecule has 0 radical (unpaired) electrons. The molecule has 8 nitrogen and oxygen atoms in total. The third-order valence-corrected chi connectivity index (χ3v) is 11.7. The Kier molecular flexibility index (Phi) is 31.8. The summed E-state index contributed by atoms with van der Waals surface area (Å²) in [6.07, 6.45) is 32.1. The van der Waals surface area contributed by atoms with E-state index in [9.17, 15) is 24.9 Å². The van der Waals surface area contributed by atoms with E-state index in [1.165, 1.54) is 154 Å². The van der Waals surface area contributed by atoms with E-state index in [4.69, 9.17) is 9.47 Å². The number of unbranched alkanes of at least 4 members (excludes halogenated alkanes) is 28. The summed E-state index contributed by atoms with van der Waals surface area (Å²) < 4.78 is 12.0. The summed E-state index contributed by atoms with van der Waals surface area (Å²) in [6, 6.07) is 0. The number of rotatable bonds is 37. The molecule has 55 heavy (non-hydrogen) atoms. The van der Waals surface area contributed by atoms with Gasteiger partial charge in [0.25, 0.3) is 0 Å². The highest BCUT2D eigenvalue weighted by Gasteiger charge is 2.50. The number of hydrogen-bond donors (Lipinski definition) is 3. The predicted molar refractivity (Wildman–Crippen MR) is 228 cm³/mol. The Balaban J connectivity index is 2.41. The number of likely N-dealkylation sites (N-methyl/N-ethyl adjacent to an activating group) is 1. The molecule has 0 saturated heterocycles. The lowest BCUT2D eigenvalue weighted by Crippen LogP contribution is -2.60. The van der Waals surface area contributed by atoms with Gasteiger partial charge in [-0.3, -0.25) is 9.59 Å². The van der Waals surface area contributed by atoms with Gasteiger partial charge < -0.3 is 29.3 Å². The van der Waals surface area contributed by atoms with E-state index in [1.54, 1.807) is 0 Å². The van der Waals surface area contributed by atoms with E-state index in [-0.39, 0.29) is 19.3 Å². The molecule has 0 heterocycles. The molecule has 6 atom stereocenters. The van der Waals surface area contributed by atoms with Crippen molar-refractivity contribution in [2.24, 2.45) is 5.92 Å². The van der Waals surface area contributed by atoms with Crippen LogP contribution in [0.25, 0.3) is 0 Å². The lowest BCUT2D eigenvalue weighted by molar-refractivity contribution is -0.874. The Bertz CT molecular complexity index is 908. The average Bonchev–Trinajstić information content (AvgIpc) is 3.13. The molecule has 1 aliphatic carbocycles. The molecule has 0 aromatic heterocycles. The maximum atomic E-state index is 13.0. The van der Waals surface area contributed by atoms with Gasteiger partial charge in [-0.1, -0.05) is 194 Å². The van der Waals surface area contributed by atoms with Crippen LogP contribution in [0.5, 0.6) is 0 Å². The fraction of sp³-hybridized carbons (Fsp3) is 0.957. The molecule has 3 N–H and O–H groups in total. The molecular weight excluding hydrogens is 691 g/mol. The number of esters is 2. The smallest absolute Gasteiger partial charge is 0.306 e. The van der Waals surface area contributed by atoms with E-state index < -0.39 is 48.4 Å². The average molecular weight is 783 g/mol. The number of nitrogens with zero attached hydrogens (tertiary/aromatic N) is 1. The minimum Gasteiger partial charge on any atom is -0.456 e. The summed E-state index contributed by atoms with van der Waals surface area (Å²) >= 11 is 0. The van der Waals surface area contributed by atoms with Gasteiger partial charge >= 0.3 is 11.9 Å². The molecule has 0 aromatic carbocycles. The van der Waals surface area contributed by atoms with Crippen molar-refractivity contribution < 1.29 is 38.9 Å². The van der Waals surface area contributed by atoms with Gasteiger partial charge in [-0.15, -0.1) is 0 Å². The van der Waals surface area contributed by atoms with Crippen molar-refractivity contribution in [3.63, 3.8) is 0 Å². The summed E-state index contributed by atoms with van der Waals surface area (Å²) in [5.41, 5.74) is 0. The fourth-order valence-electron chi connectivity index (χ4n) is 8.28. The first-order valence-corrected chi connectivity index (χ1v) is 23.7. The Hall–Kier alpha value is -1.22. The highest BCUT2D eigenvalue weighted by atomic mass is 16.6. The molecule has 0 spiro atoms. The maximum Gasteiger partial charge on any atom is 0.306 e. The zero-order valence-corrected chi connectivity index (χ0v) is 36.9. The summed E-state index contributed by atoms with van der Waals surface area (Å²) in [7, 11) is 5.85. The first-order valence-electron chi connectivity index (χ1n) is 23.7. The molecule has 0 amide bonds. The maximum absolute atomic E-state index is 13.0. The van der Waals surface area contributed by atoms with Crippen molar-refractivity contribution in [2.75, 3.05) is 27.7 Å². The first-order chi connectivity index (χ1) is 26.5. The fourth-order valence-corrected chi connectivity index (χ4v) is 8.28. The largest absolute Gasteiger partial charge is 0.456 e. The van der Waals surface area contributed by atoms with Gasteiger partial charge in [-0.2, -0.15) is 0 Å². The Morgan fingerprint density at radius 2 is 0.800 bits per heavy atom. The summed E-state index contributed by atoms with van der Waals surface area (Å²) in [5, 5.41) is 33.6. The van der Waals surface area contributed by atoms with Crippen LogP contribution in [0.4, 0.5) is 0 Å². The number of carbonyl (C=O) groups excluding carboxylic acids is 2. The van der Waals surface area contributed by atoms with Crippen molar-refractivity contribution in [3.05, 3.63) is 0 Å². The monoisotopic (exact) mass is 783 g/mol. The van der Waals surface area contributed by atoms with Crippen LogP contribution in [0, 0.1) is 5.92 Å². The number of quaternary nitrogens is 1. The molecule has 1 saturated carbocycles. The molecular formula is C47H92NO7+. The molecule has 0 bridgehead atoms. The standard InChI is InChI=1S/C47H92NO7/c1-6-8-10-12-14-16-18-20-22-24-26-28-30-32-34-36-43(51)54-46-41(49)38-40(42(50)39-48(3,4)5)45(53)47(46)55-44(52)37-35-33-31-29-27-25-23-21-19-17-15-13-11-9-7-2/h40-42,45-47,49-50,53H,6-39H2,1-5H3/q+1/t40-,41-,42?,45-,46+,47+/m1/s1. The topological polar surface area (TPSA) is 113 Å². The zero-order chi connectivity index (χ0) is 40.6. The third-order valence-electron chi connectivity index (χ3n) is 11.7. The van der Waals surface area contributed by atoms with Crippen LogP contribution in [0.2, 0.25) is 0 Å². The molecule has 1 fully saturated rings. The van der Waals surface area contributed by atoms with E-state index in [0.717, 1.165) is 25.7 Å². The summed E-state index contributed by atoms with van der Waals surface area (Å²) in [6.45, 7) is 4.89. The highest BCUT2D eigenvalue weighted by molar-refractivity contribution is 5.70. The van der Waals surface area contributed by atoms with Crippen LogP contribution in [-0.4, -0.2) is 89.9 Å². The second kappa shape index (κ2) is 33.7. The van der Waals surface area contributed by atoms with Crippen molar-refractivity contribution in [3.8, 4) is 0 Å². The molecule has 1 aliphatic rings. The minimum atomic E-state index is -1.25. The predicted octanol–water partition coefficient (Wildman–Crippen LogP) is 11.1. The van der Waals surface area contributed by atoms with Crippen LogP contribution in [0.3, 0.4) is 0 Å². The Morgan fingerprint density at radius 1 is 0.509 bits per heavy atom. The van der Waals surface area contributed by atoms with E-state index in [0.29, 0.717) is 23.9 Å². The van der Waals surface area contributed by atoms with Crippen LogP contribution in [0.1, 0.15) is 226 Å². The zero-order valence-electron chi connectivity index (χ0n) is 36.9. The quantitative estimate of drug-likeness (QED) is 0.0327. The number of aliphatic hydroxyl groups excluding tert-OH is 3. The van der Waals surface area contributed by atoms with E-state index >= 15 is 0 Å². The Labute approximate surface area is 339 Å². The molecule has 0 aliphatic heterocycles. The van der Waals surface area contributed by atoms with Gasteiger partial charge in [0.15, 0.2) is 12.2 Å². The minimum absolute atomic E-state index is 0.0618. The molecule has 8 heteroatoms. The first kappa shape index (κ1) is 51.8. The van der Waals surface area contributed by atoms with Gasteiger partial charge in [0, 0.05) is 18.8 Å². The van der Waals surface area contributed by atoms with Crippen molar-refractivity contribution in [2.45, 2.75) is 256 Å². The summed E-state index contributed by atoms with van der Waals surface area (Å²) in [4.78, 5) is 26.0. The van der Waals surface area contributed by atoms with Gasteiger partial charge in [-0.25, -0.2) is 0 Å². The molecule has 0 aromatic rings. The lowest BCUT2D eigenvalue weighted by Gasteiger charge is -2.44. The van der Waals surface area contributed by atoms with Crippen LogP contribution in [-0.2, 0) is 19.1 Å². The van der Waals surface area contributed by atoms with Crippen LogP contribution in [0.15, 0.2) is 0 Å². The number of ether oxygens (including phenoxy) is 2. The van der Waals surface area contributed by atoms with Gasteiger partial charge in [0.05, 0.1) is 27.2 Å². The van der Waals surface area contributed by atoms with Crippen molar-refractivity contribution in [1.29, 1.82) is 0 Å². The second-order valence-corrected chi connectivity index (χ2v) is 18.3. The lowest BCUT2D eigenvalue weighted by atomic mass is 9.77. The normalized spacial score (nSPS) is 20.8. The van der Waals surface area contributed by atoms with Crippen LogP contribution < -0.4 is 0 Å². The number of carbonyl (C=O) groups is 2. The van der Waals surface area contributed by atoms with Gasteiger partial charge in [0.2, 0.25) is 0 Å². The van der Waals surface area contributed by atoms with Gasteiger partial charge in [0.1, 0.15) is 18.8 Å². The van der Waals surface area contributed by atoms with Gasteiger partial charge in [-0.05, 0) is 19.3 Å². The van der Waals surface area contributed by atoms with E-state index in [1.807, 2.05) is 21.1 Å². The summed E-state index contributed by atoms with van der Waals surface area (Å²) in [5.74, 6) is -1.61. The SMILES string of the molecule is CCCCCCCCCCCCCCCCCC(=O)O[C@@H]1[C@@H](OC(=O)CCCCCCCCCCCCCCCCC)[C@H](O)[C@@H](C(O)C[N+](C)(C)C)C[C@H]1O. The van der Waals surface area contributed by atoms with Crippen LogP contribution >= 0.6 is 0 Å². The molecule has 1 unspecified atom stereocenters. The molecule has 326 valence electrons.